The highest BCUT2D eigenvalue weighted by molar-refractivity contribution is 6.31. The Labute approximate surface area is 206 Å². The van der Waals surface area contributed by atoms with Gasteiger partial charge in [0.15, 0.2) is 0 Å². The lowest BCUT2D eigenvalue weighted by Crippen LogP contribution is -2.46. The van der Waals surface area contributed by atoms with Gasteiger partial charge >= 0.3 is 0 Å². The smallest absolute Gasteiger partial charge is 0.256 e. The third kappa shape index (κ3) is 5.47. The molecule has 0 bridgehead atoms. The van der Waals surface area contributed by atoms with Crippen molar-refractivity contribution in [1.29, 1.82) is 0 Å². The molecule has 0 unspecified atom stereocenters. The Morgan fingerprint density at radius 1 is 1.17 bits per heavy atom. The fraction of sp³-hybridized carbons (Fsp3) is 0.160. The topological polar surface area (TPSA) is 124 Å². The molecule has 3 aromatic rings. The number of nitrogens with zero attached hydrogens (tertiary/aromatic N) is 3. The lowest BCUT2D eigenvalue weighted by molar-refractivity contribution is -0.120. The van der Waals surface area contributed by atoms with Crippen LogP contribution in [0, 0.1) is 0 Å². The largest absolute Gasteiger partial charge is 0.409 e. The third-order valence-corrected chi connectivity index (χ3v) is 5.81. The minimum atomic E-state index is -0.802. The number of oxime groups is 1. The number of hydrogen-bond donors (Lipinski definition) is 3. The molecule has 0 radical (unpaired) electrons. The number of benzene rings is 2. The summed E-state index contributed by atoms with van der Waals surface area (Å²) in [5, 5.41) is 17.4. The van der Waals surface area contributed by atoms with Crippen LogP contribution in [-0.2, 0) is 17.8 Å². The van der Waals surface area contributed by atoms with E-state index in [4.69, 9.17) is 16.8 Å². The highest BCUT2D eigenvalue weighted by Crippen LogP contribution is 2.28. The highest BCUT2D eigenvalue weighted by Gasteiger charge is 2.35. The number of anilines is 1. The van der Waals surface area contributed by atoms with E-state index >= 15 is 0 Å². The number of carbonyl (C=O) groups excluding carboxylic acids is 3. The van der Waals surface area contributed by atoms with Crippen molar-refractivity contribution in [1.82, 2.24) is 15.2 Å². The van der Waals surface area contributed by atoms with Gasteiger partial charge in [0.1, 0.15) is 11.9 Å². The zero-order chi connectivity index (χ0) is 24.9. The first-order valence-electron chi connectivity index (χ1n) is 10.7. The van der Waals surface area contributed by atoms with Gasteiger partial charge in [-0.15, -0.1) is 0 Å². The van der Waals surface area contributed by atoms with E-state index in [9.17, 15) is 14.4 Å². The summed E-state index contributed by atoms with van der Waals surface area (Å²) in [4.78, 5) is 44.7. The van der Waals surface area contributed by atoms with E-state index in [2.05, 4.69) is 20.8 Å². The number of hydrogen-bond acceptors (Lipinski definition) is 6. The molecule has 1 aliphatic heterocycles. The van der Waals surface area contributed by atoms with Crippen LogP contribution in [0.25, 0.3) is 0 Å². The number of amidine groups is 1. The zero-order valence-corrected chi connectivity index (χ0v) is 19.5. The maximum atomic E-state index is 13.6. The minimum Gasteiger partial charge on any atom is -0.409 e. The van der Waals surface area contributed by atoms with Crippen molar-refractivity contribution < 1.29 is 19.6 Å². The first-order chi connectivity index (χ1) is 16.9. The van der Waals surface area contributed by atoms with Gasteiger partial charge in [-0.05, 0) is 54.4 Å². The molecule has 3 amide bonds. The molecule has 9 nitrogen and oxygen atoms in total. The van der Waals surface area contributed by atoms with E-state index in [-0.39, 0.29) is 30.6 Å². The van der Waals surface area contributed by atoms with Crippen molar-refractivity contribution in [2.75, 3.05) is 5.32 Å². The Kier molecular flexibility index (Phi) is 7.07. The summed E-state index contributed by atoms with van der Waals surface area (Å²) in [5.41, 5.74) is 2.58. The summed E-state index contributed by atoms with van der Waals surface area (Å²) in [6.45, 7) is 1.59. The molecule has 0 fully saturated rings. The fourth-order valence-electron chi connectivity index (χ4n) is 3.81. The van der Waals surface area contributed by atoms with Gasteiger partial charge in [-0.3, -0.25) is 19.4 Å². The number of nitrogens with one attached hydrogen (secondary N) is 2. The summed E-state index contributed by atoms with van der Waals surface area (Å²) in [6, 6.07) is 14.2. The molecule has 2 heterocycles. The molecular weight excluding hydrogens is 470 g/mol. The van der Waals surface area contributed by atoms with Gasteiger partial charge in [-0.1, -0.05) is 35.0 Å². The number of halogens is 1. The minimum absolute atomic E-state index is 0.0669. The normalized spacial score (nSPS) is 15.8. The monoisotopic (exact) mass is 491 g/mol. The van der Waals surface area contributed by atoms with E-state index in [1.165, 1.54) is 11.8 Å². The number of pyridine rings is 1. The number of carbonyl (C=O) groups is 3. The molecule has 4 rings (SSSR count). The van der Waals surface area contributed by atoms with Crippen LogP contribution in [0.15, 0.2) is 72.1 Å². The zero-order valence-electron chi connectivity index (χ0n) is 18.7. The van der Waals surface area contributed by atoms with Crippen LogP contribution in [0.1, 0.15) is 38.8 Å². The lowest BCUT2D eigenvalue weighted by Gasteiger charge is -2.29. The second-order valence-corrected chi connectivity index (χ2v) is 8.47. The standard InChI is InChI=1S/C25H22ClN5O4/c1-15(30-35)28-23(32)18-6-4-16(5-7-18)14-31-22(11-17-3-2-10-27-13-17)24(33)29-21-12-19(26)8-9-20(21)25(31)34/h2-10,12-13,22,35H,11,14H2,1H3,(H,29,33)(H,28,30,32)/t22-/m1/s1. The van der Waals surface area contributed by atoms with Crippen molar-refractivity contribution in [3.05, 3.63) is 94.3 Å². The first kappa shape index (κ1) is 23.9. The summed E-state index contributed by atoms with van der Waals surface area (Å²) < 4.78 is 0. The average Bonchev–Trinajstić information content (AvgIpc) is 2.94. The van der Waals surface area contributed by atoms with E-state index in [1.807, 2.05) is 6.07 Å². The molecule has 0 saturated heterocycles. The molecule has 3 N–H and O–H groups in total. The van der Waals surface area contributed by atoms with Crippen LogP contribution in [-0.4, -0.2) is 44.7 Å². The van der Waals surface area contributed by atoms with Crippen LogP contribution in [0.3, 0.4) is 0 Å². The predicted molar refractivity (Wildman–Crippen MR) is 130 cm³/mol. The van der Waals surface area contributed by atoms with Crippen molar-refractivity contribution in [2.45, 2.75) is 25.9 Å². The van der Waals surface area contributed by atoms with E-state index in [0.717, 1.165) is 11.1 Å². The van der Waals surface area contributed by atoms with Crippen molar-refractivity contribution in [3.63, 3.8) is 0 Å². The second kappa shape index (κ2) is 10.4. The SMILES string of the molecule is CC(=NO)NC(=O)c1ccc(CN2C(=O)c3ccc(Cl)cc3NC(=O)[C@H]2Cc2cccnc2)cc1. The molecule has 1 atom stereocenters. The van der Waals surface area contributed by atoms with E-state index < -0.39 is 11.9 Å². The maximum absolute atomic E-state index is 13.6. The maximum Gasteiger partial charge on any atom is 0.256 e. The number of amides is 3. The summed E-state index contributed by atoms with van der Waals surface area (Å²) >= 11 is 6.10. The second-order valence-electron chi connectivity index (χ2n) is 8.03. The van der Waals surface area contributed by atoms with Gasteiger partial charge in [0.05, 0.1) is 11.3 Å². The molecule has 2 aromatic carbocycles. The van der Waals surface area contributed by atoms with Gasteiger partial charge in [0.2, 0.25) is 5.91 Å². The molecule has 1 aliphatic rings. The molecule has 0 spiro atoms. The van der Waals surface area contributed by atoms with Gasteiger partial charge in [0.25, 0.3) is 11.8 Å². The quantitative estimate of drug-likeness (QED) is 0.218. The van der Waals surface area contributed by atoms with Gasteiger partial charge in [-0.25, -0.2) is 0 Å². The Morgan fingerprint density at radius 2 is 1.94 bits per heavy atom. The van der Waals surface area contributed by atoms with Gasteiger partial charge in [0, 0.05) is 35.9 Å². The van der Waals surface area contributed by atoms with Crippen molar-refractivity contribution >= 4 is 40.8 Å². The summed E-state index contributed by atoms with van der Waals surface area (Å²) in [6.07, 6.45) is 3.58. The highest BCUT2D eigenvalue weighted by atomic mass is 35.5. The average molecular weight is 492 g/mol. The Balaban J connectivity index is 1.65. The number of aromatic nitrogens is 1. The number of rotatable bonds is 5. The summed E-state index contributed by atoms with van der Waals surface area (Å²) in [7, 11) is 0. The van der Waals surface area contributed by atoms with Crippen LogP contribution in [0.4, 0.5) is 5.69 Å². The molecular formula is C25H22ClN5O4. The van der Waals surface area contributed by atoms with Crippen molar-refractivity contribution in [3.8, 4) is 0 Å². The molecule has 35 heavy (non-hydrogen) atoms. The van der Waals surface area contributed by atoms with Crippen LogP contribution < -0.4 is 10.6 Å². The van der Waals surface area contributed by atoms with Crippen molar-refractivity contribution in [2.24, 2.45) is 5.16 Å². The molecule has 10 heteroatoms. The van der Waals surface area contributed by atoms with Gasteiger partial charge < -0.3 is 20.7 Å². The Hall–Kier alpha value is -4.24. The van der Waals surface area contributed by atoms with E-state index in [0.29, 0.717) is 21.8 Å². The van der Waals surface area contributed by atoms with Gasteiger partial charge in [-0.2, -0.15) is 0 Å². The van der Waals surface area contributed by atoms with Crippen LogP contribution >= 0.6 is 11.6 Å². The fourth-order valence-corrected chi connectivity index (χ4v) is 3.98. The van der Waals surface area contributed by atoms with E-state index in [1.54, 1.807) is 60.9 Å². The van der Waals surface area contributed by atoms with Crippen LogP contribution in [0.2, 0.25) is 5.02 Å². The number of fused-ring (bicyclic) bond motifs is 1. The molecule has 178 valence electrons. The first-order valence-corrected chi connectivity index (χ1v) is 11.1. The predicted octanol–water partition coefficient (Wildman–Crippen LogP) is 3.48. The Bertz CT molecular complexity index is 1290. The lowest BCUT2D eigenvalue weighted by atomic mass is 10.0. The summed E-state index contributed by atoms with van der Waals surface area (Å²) in [5.74, 6) is -1.02. The third-order valence-electron chi connectivity index (χ3n) is 5.57. The van der Waals surface area contributed by atoms with Crippen LogP contribution in [0.5, 0.6) is 0 Å². The molecule has 0 saturated carbocycles. The Morgan fingerprint density at radius 3 is 2.63 bits per heavy atom. The molecule has 1 aromatic heterocycles. The molecule has 0 aliphatic carbocycles.